The zero-order chi connectivity index (χ0) is 17.2. The molecule has 0 aliphatic rings. The summed E-state index contributed by atoms with van der Waals surface area (Å²) >= 11 is 0. The van der Waals surface area contributed by atoms with Gasteiger partial charge in [0, 0.05) is 24.2 Å². The Bertz CT molecular complexity index is 1110. The molecule has 0 amide bonds. The van der Waals surface area contributed by atoms with Crippen LogP contribution in [0.3, 0.4) is 0 Å². The highest BCUT2D eigenvalue weighted by molar-refractivity contribution is 5.93. The molecule has 0 saturated carbocycles. The first-order valence-corrected chi connectivity index (χ1v) is 8.42. The summed E-state index contributed by atoms with van der Waals surface area (Å²) in [5.41, 5.74) is 1.85. The van der Waals surface area contributed by atoms with E-state index in [1.165, 1.54) is 10.8 Å². The lowest BCUT2D eigenvalue weighted by atomic mass is 10.1. The van der Waals surface area contributed by atoms with E-state index in [1.54, 1.807) is 4.57 Å². The molecule has 25 heavy (non-hydrogen) atoms. The van der Waals surface area contributed by atoms with Crippen LogP contribution in [0.4, 0.5) is 5.69 Å². The summed E-state index contributed by atoms with van der Waals surface area (Å²) in [7, 11) is 0. The first-order chi connectivity index (χ1) is 12.2. The van der Waals surface area contributed by atoms with Crippen molar-refractivity contribution < 1.29 is 0 Å². The molecule has 0 atom stereocenters. The minimum atomic E-state index is 0.0165. The Kier molecular flexibility index (Phi) is 3.94. The van der Waals surface area contributed by atoms with Crippen molar-refractivity contribution in [1.82, 2.24) is 9.55 Å². The summed E-state index contributed by atoms with van der Waals surface area (Å²) in [6, 6.07) is 22.0. The van der Waals surface area contributed by atoms with Gasteiger partial charge in [-0.2, -0.15) is 0 Å². The topological polar surface area (TPSA) is 46.9 Å². The van der Waals surface area contributed by atoms with Gasteiger partial charge in [0.15, 0.2) is 0 Å². The Labute approximate surface area is 145 Å². The standard InChI is InChI=1S/C21H19N3O/c1-15-23-20-11-5-4-10-18(20)21(25)24(15)14-13-22-19-12-6-8-16-7-2-3-9-17(16)19/h2-12,22H,13-14H2,1H3. The number of aromatic nitrogens is 2. The van der Waals surface area contributed by atoms with Crippen molar-refractivity contribution in [2.24, 2.45) is 0 Å². The number of fused-ring (bicyclic) bond motifs is 2. The third-order valence-corrected chi connectivity index (χ3v) is 4.49. The van der Waals surface area contributed by atoms with Crippen LogP contribution in [0.2, 0.25) is 0 Å². The molecule has 4 heteroatoms. The van der Waals surface area contributed by atoms with Gasteiger partial charge in [-0.3, -0.25) is 9.36 Å². The number of nitrogens with one attached hydrogen (secondary N) is 1. The monoisotopic (exact) mass is 329 g/mol. The average molecular weight is 329 g/mol. The summed E-state index contributed by atoms with van der Waals surface area (Å²) in [6.07, 6.45) is 0. The molecule has 0 aliphatic heterocycles. The van der Waals surface area contributed by atoms with E-state index in [1.807, 2.05) is 49.4 Å². The van der Waals surface area contributed by atoms with Gasteiger partial charge in [0.1, 0.15) is 5.82 Å². The maximum absolute atomic E-state index is 12.7. The van der Waals surface area contributed by atoms with Crippen molar-refractivity contribution in [2.45, 2.75) is 13.5 Å². The van der Waals surface area contributed by atoms with E-state index in [2.05, 4.69) is 34.6 Å². The fourth-order valence-electron chi connectivity index (χ4n) is 3.22. The summed E-state index contributed by atoms with van der Waals surface area (Å²) in [5, 5.41) is 6.50. The predicted molar refractivity (Wildman–Crippen MR) is 103 cm³/mol. The van der Waals surface area contributed by atoms with Crippen LogP contribution < -0.4 is 10.9 Å². The van der Waals surface area contributed by atoms with E-state index in [0.29, 0.717) is 18.5 Å². The summed E-state index contributed by atoms with van der Waals surface area (Å²) in [4.78, 5) is 17.2. The number of anilines is 1. The molecule has 0 unspecified atom stereocenters. The van der Waals surface area contributed by atoms with Crippen molar-refractivity contribution in [3.63, 3.8) is 0 Å². The van der Waals surface area contributed by atoms with E-state index < -0.39 is 0 Å². The zero-order valence-electron chi connectivity index (χ0n) is 14.1. The van der Waals surface area contributed by atoms with Gasteiger partial charge in [0.2, 0.25) is 0 Å². The number of hydrogen-bond donors (Lipinski definition) is 1. The number of aryl methyl sites for hydroxylation is 1. The summed E-state index contributed by atoms with van der Waals surface area (Å²) in [6.45, 7) is 3.12. The molecule has 1 N–H and O–H groups in total. The minimum Gasteiger partial charge on any atom is -0.383 e. The second-order valence-electron chi connectivity index (χ2n) is 6.09. The Hall–Kier alpha value is -3.14. The van der Waals surface area contributed by atoms with Crippen LogP contribution in [-0.4, -0.2) is 16.1 Å². The highest BCUT2D eigenvalue weighted by atomic mass is 16.1. The predicted octanol–water partition coefficient (Wildman–Crippen LogP) is 3.97. The first kappa shape index (κ1) is 15.4. The van der Waals surface area contributed by atoms with E-state index in [0.717, 1.165) is 17.0 Å². The van der Waals surface area contributed by atoms with Gasteiger partial charge in [-0.1, -0.05) is 48.5 Å². The quantitative estimate of drug-likeness (QED) is 0.616. The molecule has 0 spiro atoms. The molecule has 0 saturated heterocycles. The molecule has 4 nitrogen and oxygen atoms in total. The van der Waals surface area contributed by atoms with E-state index in [4.69, 9.17) is 0 Å². The number of para-hydroxylation sites is 1. The molecule has 0 radical (unpaired) electrons. The van der Waals surface area contributed by atoms with Crippen molar-refractivity contribution in [1.29, 1.82) is 0 Å². The van der Waals surface area contributed by atoms with Crippen LogP contribution in [0, 0.1) is 6.92 Å². The second kappa shape index (κ2) is 6.40. The molecule has 0 fully saturated rings. The van der Waals surface area contributed by atoms with Gasteiger partial charge in [-0.05, 0) is 30.5 Å². The molecular weight excluding hydrogens is 310 g/mol. The van der Waals surface area contributed by atoms with Crippen LogP contribution >= 0.6 is 0 Å². The third kappa shape index (κ3) is 2.87. The maximum atomic E-state index is 12.7. The number of nitrogens with zero attached hydrogens (tertiary/aromatic N) is 2. The van der Waals surface area contributed by atoms with Gasteiger partial charge in [0.05, 0.1) is 10.9 Å². The number of rotatable bonds is 4. The fourth-order valence-corrected chi connectivity index (χ4v) is 3.22. The van der Waals surface area contributed by atoms with Gasteiger partial charge in [-0.15, -0.1) is 0 Å². The SMILES string of the molecule is Cc1nc2ccccc2c(=O)n1CCNc1cccc2ccccc12. The zero-order valence-corrected chi connectivity index (χ0v) is 14.1. The average Bonchev–Trinajstić information content (AvgIpc) is 2.64. The second-order valence-corrected chi connectivity index (χ2v) is 6.09. The molecule has 4 rings (SSSR count). The van der Waals surface area contributed by atoms with Crippen molar-refractivity contribution >= 4 is 27.4 Å². The number of hydrogen-bond acceptors (Lipinski definition) is 3. The maximum Gasteiger partial charge on any atom is 0.261 e. The largest absolute Gasteiger partial charge is 0.383 e. The lowest BCUT2D eigenvalue weighted by molar-refractivity contribution is 0.662. The molecule has 124 valence electrons. The molecule has 3 aromatic carbocycles. The van der Waals surface area contributed by atoms with E-state index in [9.17, 15) is 4.79 Å². The van der Waals surface area contributed by atoms with Crippen molar-refractivity contribution in [3.05, 3.63) is 82.9 Å². The highest BCUT2D eigenvalue weighted by Crippen LogP contribution is 2.22. The van der Waals surface area contributed by atoms with Crippen molar-refractivity contribution in [2.75, 3.05) is 11.9 Å². The number of benzene rings is 3. The Morgan fingerprint density at radius 3 is 2.52 bits per heavy atom. The molecular formula is C21H19N3O. The molecule has 1 heterocycles. The lowest BCUT2D eigenvalue weighted by Crippen LogP contribution is -2.27. The van der Waals surface area contributed by atoms with Gasteiger partial charge in [0.25, 0.3) is 5.56 Å². The van der Waals surface area contributed by atoms with Gasteiger partial charge >= 0.3 is 0 Å². The van der Waals surface area contributed by atoms with Crippen molar-refractivity contribution in [3.8, 4) is 0 Å². The molecule has 4 aromatic rings. The first-order valence-electron chi connectivity index (χ1n) is 8.42. The van der Waals surface area contributed by atoms with Crippen LogP contribution in [0.5, 0.6) is 0 Å². The van der Waals surface area contributed by atoms with Crippen LogP contribution in [-0.2, 0) is 6.54 Å². The van der Waals surface area contributed by atoms with Gasteiger partial charge < -0.3 is 5.32 Å². The minimum absolute atomic E-state index is 0.0165. The highest BCUT2D eigenvalue weighted by Gasteiger charge is 2.07. The van der Waals surface area contributed by atoms with E-state index >= 15 is 0 Å². The molecule has 0 bridgehead atoms. The normalized spacial score (nSPS) is 11.1. The molecule has 0 aliphatic carbocycles. The lowest BCUT2D eigenvalue weighted by Gasteiger charge is -2.13. The van der Waals surface area contributed by atoms with E-state index in [-0.39, 0.29) is 5.56 Å². The fraction of sp³-hybridized carbons (Fsp3) is 0.143. The Morgan fingerprint density at radius 1 is 0.920 bits per heavy atom. The van der Waals surface area contributed by atoms with Gasteiger partial charge in [-0.25, -0.2) is 4.98 Å². The van der Waals surface area contributed by atoms with Crippen LogP contribution in [0.25, 0.3) is 21.7 Å². The smallest absolute Gasteiger partial charge is 0.261 e. The molecule has 1 aromatic heterocycles. The Balaban J connectivity index is 1.59. The summed E-state index contributed by atoms with van der Waals surface area (Å²) < 4.78 is 1.74. The van der Waals surface area contributed by atoms with Crippen LogP contribution in [0.15, 0.2) is 71.5 Å². The third-order valence-electron chi connectivity index (χ3n) is 4.49. The summed E-state index contributed by atoms with van der Waals surface area (Å²) in [5.74, 6) is 0.739. The van der Waals surface area contributed by atoms with Crippen LogP contribution in [0.1, 0.15) is 5.82 Å². The Morgan fingerprint density at radius 2 is 1.64 bits per heavy atom.